The van der Waals surface area contributed by atoms with Gasteiger partial charge < -0.3 is 10.1 Å². The number of guanidine groups is 1. The highest BCUT2D eigenvalue weighted by atomic mass is 16.5. The van der Waals surface area contributed by atoms with Crippen LogP contribution in [0.15, 0.2) is 4.99 Å². The van der Waals surface area contributed by atoms with Gasteiger partial charge in [-0.25, -0.2) is 10.8 Å². The Kier molecular flexibility index (Phi) is 4.83. The summed E-state index contributed by atoms with van der Waals surface area (Å²) in [5.41, 5.74) is 2.64. The second kappa shape index (κ2) is 6.38. The van der Waals surface area contributed by atoms with Gasteiger partial charge in [0.15, 0.2) is 0 Å². The van der Waals surface area contributed by atoms with E-state index in [4.69, 9.17) is 10.6 Å². The van der Waals surface area contributed by atoms with Crippen LogP contribution in [0.1, 0.15) is 32.6 Å². The smallest absolute Gasteiger partial charge is 0.206 e. The highest BCUT2D eigenvalue weighted by molar-refractivity contribution is 5.79. The maximum absolute atomic E-state index is 5.49. The van der Waals surface area contributed by atoms with Crippen LogP contribution in [-0.4, -0.2) is 32.3 Å². The number of nitrogens with two attached hydrogens (primary N) is 1. The Labute approximate surface area is 110 Å². The van der Waals surface area contributed by atoms with Gasteiger partial charge in [0.05, 0.1) is 13.2 Å². The predicted octanol–water partition coefficient (Wildman–Crippen LogP) is 0.866. The molecule has 5 nitrogen and oxygen atoms in total. The lowest BCUT2D eigenvalue weighted by Gasteiger charge is -2.29. The predicted molar refractivity (Wildman–Crippen MR) is 73.0 cm³/mol. The molecule has 0 aromatic rings. The number of hydrogen-bond acceptors (Lipinski definition) is 3. The van der Waals surface area contributed by atoms with Crippen molar-refractivity contribution in [2.45, 2.75) is 38.6 Å². The Bertz CT molecular complexity index is 295. The first-order valence-electron chi connectivity index (χ1n) is 7.01. The van der Waals surface area contributed by atoms with Crippen molar-refractivity contribution in [2.24, 2.45) is 28.6 Å². The zero-order valence-electron chi connectivity index (χ0n) is 11.5. The molecule has 0 amide bonds. The van der Waals surface area contributed by atoms with Crippen molar-refractivity contribution in [3.05, 3.63) is 0 Å². The van der Waals surface area contributed by atoms with E-state index in [0.29, 0.717) is 25.2 Å². The van der Waals surface area contributed by atoms with E-state index in [0.717, 1.165) is 17.8 Å². The number of fused-ring (bicyclic) bond motifs is 2. The summed E-state index contributed by atoms with van der Waals surface area (Å²) in [7, 11) is 1.68. The minimum absolute atomic E-state index is 0.442. The molecular formula is C13H26N4O. The summed E-state index contributed by atoms with van der Waals surface area (Å²) < 4.78 is 4.98. The first-order chi connectivity index (χ1) is 8.74. The van der Waals surface area contributed by atoms with Gasteiger partial charge in [-0.05, 0) is 43.9 Å². The third-order valence-electron chi connectivity index (χ3n) is 4.50. The Morgan fingerprint density at radius 2 is 2.28 bits per heavy atom. The van der Waals surface area contributed by atoms with Gasteiger partial charge in [-0.1, -0.05) is 6.42 Å². The molecule has 18 heavy (non-hydrogen) atoms. The number of aliphatic imine (C=N–C) groups is 1. The van der Waals surface area contributed by atoms with Gasteiger partial charge in [0.2, 0.25) is 5.96 Å². The average molecular weight is 254 g/mol. The summed E-state index contributed by atoms with van der Waals surface area (Å²) in [6.07, 6.45) is 5.66. The first-order valence-corrected chi connectivity index (χ1v) is 7.01. The van der Waals surface area contributed by atoms with Crippen molar-refractivity contribution in [1.29, 1.82) is 0 Å². The monoisotopic (exact) mass is 254 g/mol. The molecule has 2 bridgehead atoms. The van der Waals surface area contributed by atoms with Gasteiger partial charge in [-0.3, -0.25) is 5.43 Å². The molecule has 0 spiro atoms. The molecule has 0 radical (unpaired) electrons. The summed E-state index contributed by atoms with van der Waals surface area (Å²) in [6.45, 7) is 3.50. The molecule has 0 aromatic heterocycles. The van der Waals surface area contributed by atoms with Crippen molar-refractivity contribution in [3.8, 4) is 0 Å². The highest BCUT2D eigenvalue weighted by Crippen LogP contribution is 2.49. The van der Waals surface area contributed by atoms with Gasteiger partial charge in [-0.2, -0.15) is 0 Å². The van der Waals surface area contributed by atoms with E-state index in [2.05, 4.69) is 22.7 Å². The number of hydrogen-bond donors (Lipinski definition) is 3. The Balaban J connectivity index is 1.81. The fraction of sp³-hybridized carbons (Fsp3) is 0.923. The van der Waals surface area contributed by atoms with E-state index < -0.39 is 0 Å². The summed E-state index contributed by atoms with van der Waals surface area (Å²) in [6, 6.07) is 0.442. The Morgan fingerprint density at radius 1 is 1.44 bits per heavy atom. The highest BCUT2D eigenvalue weighted by Gasteiger charge is 2.41. The van der Waals surface area contributed by atoms with Gasteiger partial charge in [0, 0.05) is 13.2 Å². The first kappa shape index (κ1) is 13.6. The minimum Gasteiger partial charge on any atom is -0.383 e. The Hall–Kier alpha value is -0.810. The molecule has 2 fully saturated rings. The SMILES string of the molecule is COCCN=C(NN)NC(C)C1CC2CCC1C2. The molecule has 0 saturated heterocycles. The zero-order chi connectivity index (χ0) is 13.0. The van der Waals surface area contributed by atoms with Gasteiger partial charge in [0.25, 0.3) is 0 Å². The number of hydrazine groups is 1. The maximum atomic E-state index is 5.49. The van der Waals surface area contributed by atoms with E-state index in [1.807, 2.05) is 0 Å². The van der Waals surface area contributed by atoms with Gasteiger partial charge in [-0.15, -0.1) is 0 Å². The van der Waals surface area contributed by atoms with Crippen molar-refractivity contribution in [1.82, 2.24) is 10.7 Å². The van der Waals surface area contributed by atoms with Gasteiger partial charge in [0.1, 0.15) is 0 Å². The molecule has 0 aliphatic heterocycles. The number of rotatable bonds is 5. The second-order valence-corrected chi connectivity index (χ2v) is 5.64. The van der Waals surface area contributed by atoms with E-state index in [-0.39, 0.29) is 0 Å². The lowest BCUT2D eigenvalue weighted by atomic mass is 9.84. The topological polar surface area (TPSA) is 71.7 Å². The Morgan fingerprint density at radius 3 is 2.83 bits per heavy atom. The standard InChI is InChI=1S/C13H26N4O/c1-9(12-8-10-3-4-11(12)7-10)16-13(17-14)15-5-6-18-2/h9-12H,3-8,14H2,1-2H3,(H2,15,16,17). The number of nitrogens with zero attached hydrogens (tertiary/aromatic N) is 1. The molecule has 2 aliphatic carbocycles. The van der Waals surface area contributed by atoms with Crippen molar-refractivity contribution >= 4 is 5.96 Å². The van der Waals surface area contributed by atoms with Crippen molar-refractivity contribution < 1.29 is 4.74 Å². The number of methoxy groups -OCH3 is 1. The molecule has 4 N–H and O–H groups in total. The van der Waals surface area contributed by atoms with Crippen LogP contribution in [0.25, 0.3) is 0 Å². The van der Waals surface area contributed by atoms with Crippen LogP contribution in [0.2, 0.25) is 0 Å². The minimum atomic E-state index is 0.442. The molecule has 2 rings (SSSR count). The largest absolute Gasteiger partial charge is 0.383 e. The zero-order valence-corrected chi connectivity index (χ0v) is 11.5. The van der Waals surface area contributed by atoms with E-state index >= 15 is 0 Å². The number of ether oxygens (including phenoxy) is 1. The fourth-order valence-electron chi connectivity index (χ4n) is 3.61. The van der Waals surface area contributed by atoms with Crippen molar-refractivity contribution in [2.75, 3.05) is 20.3 Å². The van der Waals surface area contributed by atoms with Crippen LogP contribution in [-0.2, 0) is 4.74 Å². The molecule has 4 atom stereocenters. The van der Waals surface area contributed by atoms with Crippen LogP contribution < -0.4 is 16.6 Å². The van der Waals surface area contributed by atoms with Crippen LogP contribution in [0, 0.1) is 17.8 Å². The van der Waals surface area contributed by atoms with Crippen molar-refractivity contribution in [3.63, 3.8) is 0 Å². The molecular weight excluding hydrogens is 228 g/mol. The molecule has 0 heterocycles. The van der Waals surface area contributed by atoms with E-state index in [1.54, 1.807) is 7.11 Å². The summed E-state index contributed by atoms with van der Waals surface area (Å²) >= 11 is 0. The van der Waals surface area contributed by atoms with E-state index in [1.165, 1.54) is 25.7 Å². The molecule has 0 aromatic carbocycles. The summed E-state index contributed by atoms with van der Waals surface area (Å²) in [5, 5.41) is 3.41. The number of nitrogens with one attached hydrogen (secondary N) is 2. The molecule has 5 heteroatoms. The van der Waals surface area contributed by atoms with E-state index in [9.17, 15) is 0 Å². The van der Waals surface area contributed by atoms with Crippen LogP contribution in [0.3, 0.4) is 0 Å². The lowest BCUT2D eigenvalue weighted by Crippen LogP contribution is -2.48. The quantitative estimate of drug-likeness (QED) is 0.224. The molecule has 104 valence electrons. The molecule has 2 saturated carbocycles. The van der Waals surface area contributed by atoms with Crippen LogP contribution in [0.5, 0.6) is 0 Å². The average Bonchev–Trinajstić information content (AvgIpc) is 2.99. The third-order valence-corrected chi connectivity index (χ3v) is 4.50. The normalized spacial score (nSPS) is 32.6. The second-order valence-electron chi connectivity index (χ2n) is 5.64. The lowest BCUT2D eigenvalue weighted by molar-refractivity contribution is 0.207. The maximum Gasteiger partial charge on any atom is 0.206 e. The van der Waals surface area contributed by atoms with Gasteiger partial charge >= 0.3 is 0 Å². The summed E-state index contributed by atoms with van der Waals surface area (Å²) in [5.74, 6) is 8.85. The fourth-order valence-corrected chi connectivity index (χ4v) is 3.61. The third kappa shape index (κ3) is 3.14. The molecule has 4 unspecified atom stereocenters. The summed E-state index contributed by atoms with van der Waals surface area (Å²) in [4.78, 5) is 4.35. The van der Waals surface area contributed by atoms with Crippen LogP contribution in [0.4, 0.5) is 0 Å². The van der Waals surface area contributed by atoms with Crippen LogP contribution >= 0.6 is 0 Å². The molecule has 2 aliphatic rings.